The van der Waals surface area contributed by atoms with Crippen LogP contribution in [0.5, 0.6) is 0 Å². The molecular weight excluding hydrogens is 386 g/mol. The van der Waals surface area contributed by atoms with E-state index in [1.807, 2.05) is 4.90 Å². The second kappa shape index (κ2) is 8.09. The first-order chi connectivity index (χ1) is 14.5. The van der Waals surface area contributed by atoms with Crippen LogP contribution >= 0.6 is 0 Å². The fraction of sp³-hybridized carbons (Fsp3) is 0.857. The van der Waals surface area contributed by atoms with Gasteiger partial charge in [-0.05, 0) is 44.4 Å². The summed E-state index contributed by atoms with van der Waals surface area (Å²) >= 11 is 0. The molecule has 0 aromatic heterocycles. The van der Waals surface area contributed by atoms with E-state index in [4.69, 9.17) is 0 Å². The molecule has 4 saturated heterocycles. The molecule has 0 radical (unpaired) electrons. The van der Waals surface area contributed by atoms with Crippen molar-refractivity contribution >= 4 is 17.8 Å². The first-order valence-electron chi connectivity index (χ1n) is 11.6. The topological polar surface area (TPSA) is 114 Å². The zero-order valence-electron chi connectivity index (χ0n) is 17.4. The quantitative estimate of drug-likeness (QED) is 0.496. The molecule has 9 heteroatoms. The lowest BCUT2D eigenvalue weighted by molar-refractivity contribution is -0.149. The molecule has 30 heavy (non-hydrogen) atoms. The molecule has 166 valence electrons. The van der Waals surface area contributed by atoms with Crippen molar-refractivity contribution in [3.05, 3.63) is 0 Å². The second-order valence-corrected chi connectivity index (χ2v) is 9.74. The lowest BCUT2D eigenvalue weighted by Gasteiger charge is -2.38. The van der Waals surface area contributed by atoms with Crippen molar-refractivity contribution < 1.29 is 19.5 Å². The van der Waals surface area contributed by atoms with Gasteiger partial charge in [0.05, 0.1) is 6.04 Å². The van der Waals surface area contributed by atoms with E-state index in [1.54, 1.807) is 0 Å². The first-order valence-corrected chi connectivity index (χ1v) is 11.6. The number of piperidine rings is 1. The fourth-order valence-electron chi connectivity index (χ4n) is 6.44. The predicted octanol–water partition coefficient (Wildman–Crippen LogP) is -0.324. The van der Waals surface area contributed by atoms with Crippen LogP contribution in [-0.4, -0.2) is 82.5 Å². The number of amides is 2. The standard InChI is InChI=1S/C21H33N5O4/c27-19(16-10-12-4-1-2-5-14(12)22-16)25-9-7-15-13(11-25)18(24-23-15)20(28)26-8-3-6-17(26)21(29)30/h12-18,22-24H,1-11H2,(H,29,30)/t12?,13?,14?,15?,16?,17-,18?/m0/s1. The van der Waals surface area contributed by atoms with Crippen LogP contribution in [0.2, 0.25) is 0 Å². The number of nitrogens with one attached hydrogen (secondary N) is 3. The van der Waals surface area contributed by atoms with E-state index in [9.17, 15) is 19.5 Å². The molecule has 4 aliphatic heterocycles. The maximum absolute atomic E-state index is 13.3. The van der Waals surface area contributed by atoms with Gasteiger partial charge in [-0.3, -0.25) is 15.0 Å². The third-order valence-electron chi connectivity index (χ3n) is 8.07. The van der Waals surface area contributed by atoms with E-state index in [0.29, 0.717) is 38.0 Å². The van der Waals surface area contributed by atoms with Gasteiger partial charge in [-0.25, -0.2) is 10.2 Å². The van der Waals surface area contributed by atoms with Gasteiger partial charge in [-0.2, -0.15) is 0 Å². The van der Waals surface area contributed by atoms with Crippen LogP contribution in [0.3, 0.4) is 0 Å². The summed E-state index contributed by atoms with van der Waals surface area (Å²) in [4.78, 5) is 41.4. The number of hydrazine groups is 1. The SMILES string of the molecule is O=C(O)[C@@H]1CCCN1C(=O)C1NNC2CCN(C(=O)C3CC4CCCCC4N3)CC21. The maximum atomic E-state index is 13.3. The van der Waals surface area contributed by atoms with Crippen LogP contribution in [0, 0.1) is 11.8 Å². The molecule has 5 rings (SSSR count). The highest BCUT2D eigenvalue weighted by molar-refractivity contribution is 5.88. The molecule has 1 aliphatic carbocycles. The Morgan fingerprint density at radius 1 is 0.867 bits per heavy atom. The minimum Gasteiger partial charge on any atom is -0.480 e. The average Bonchev–Trinajstić information content (AvgIpc) is 3.49. The van der Waals surface area contributed by atoms with Crippen LogP contribution in [0.4, 0.5) is 0 Å². The first kappa shape index (κ1) is 20.2. The normalized spacial score (nSPS) is 40.9. The number of fused-ring (bicyclic) bond motifs is 2. The van der Waals surface area contributed by atoms with Gasteiger partial charge in [0, 0.05) is 37.6 Å². The number of carbonyl (C=O) groups excluding carboxylic acids is 2. The molecule has 4 N–H and O–H groups in total. The van der Waals surface area contributed by atoms with Crippen LogP contribution < -0.4 is 16.2 Å². The maximum Gasteiger partial charge on any atom is 0.326 e. The van der Waals surface area contributed by atoms with E-state index in [-0.39, 0.29) is 29.8 Å². The van der Waals surface area contributed by atoms with E-state index in [2.05, 4.69) is 16.2 Å². The van der Waals surface area contributed by atoms with E-state index >= 15 is 0 Å². The molecule has 9 nitrogen and oxygen atoms in total. The Hall–Kier alpha value is -1.71. The molecule has 0 bridgehead atoms. The number of carboxylic acid groups (broad SMARTS) is 1. The number of hydrogen-bond acceptors (Lipinski definition) is 6. The number of aliphatic carboxylic acids is 1. The van der Waals surface area contributed by atoms with Crippen molar-refractivity contribution in [1.29, 1.82) is 0 Å². The van der Waals surface area contributed by atoms with Crippen LogP contribution in [0.15, 0.2) is 0 Å². The summed E-state index contributed by atoms with van der Waals surface area (Å²) in [5.74, 6) is -0.325. The number of likely N-dealkylation sites (tertiary alicyclic amines) is 2. The largest absolute Gasteiger partial charge is 0.480 e. The van der Waals surface area contributed by atoms with Crippen molar-refractivity contribution in [2.45, 2.75) is 81.6 Å². The minimum absolute atomic E-state index is 0.0334. The highest BCUT2D eigenvalue weighted by Gasteiger charge is 2.49. The Morgan fingerprint density at radius 2 is 1.70 bits per heavy atom. The molecule has 5 aliphatic rings. The van der Waals surface area contributed by atoms with E-state index in [0.717, 1.165) is 19.3 Å². The number of nitrogens with zero attached hydrogens (tertiary/aromatic N) is 2. The van der Waals surface area contributed by atoms with Gasteiger partial charge in [0.2, 0.25) is 11.8 Å². The zero-order chi connectivity index (χ0) is 20.8. The average molecular weight is 420 g/mol. The molecule has 0 aromatic rings. The molecule has 2 amide bonds. The summed E-state index contributed by atoms with van der Waals surface area (Å²) in [5.41, 5.74) is 6.34. The minimum atomic E-state index is -0.933. The highest BCUT2D eigenvalue weighted by Crippen LogP contribution is 2.35. The highest BCUT2D eigenvalue weighted by atomic mass is 16.4. The molecule has 0 aromatic carbocycles. The summed E-state index contributed by atoms with van der Waals surface area (Å²) in [6.07, 6.45) is 7.87. The van der Waals surface area contributed by atoms with Crippen molar-refractivity contribution in [2.24, 2.45) is 11.8 Å². The molecule has 4 heterocycles. The van der Waals surface area contributed by atoms with Crippen molar-refractivity contribution in [1.82, 2.24) is 26.0 Å². The number of rotatable bonds is 3. The molecular formula is C21H33N5O4. The zero-order valence-corrected chi connectivity index (χ0v) is 17.4. The Kier molecular flexibility index (Phi) is 5.45. The van der Waals surface area contributed by atoms with Gasteiger partial charge in [-0.15, -0.1) is 0 Å². The molecule has 7 atom stereocenters. The van der Waals surface area contributed by atoms with Gasteiger partial charge in [0.1, 0.15) is 12.1 Å². The Balaban J connectivity index is 1.24. The van der Waals surface area contributed by atoms with E-state index < -0.39 is 18.1 Å². The molecule has 5 fully saturated rings. The van der Waals surface area contributed by atoms with E-state index in [1.165, 1.54) is 30.6 Å². The Labute approximate surface area is 176 Å². The Bertz CT molecular complexity index is 704. The summed E-state index contributed by atoms with van der Waals surface area (Å²) in [5, 5.41) is 13.0. The number of carboxylic acids is 1. The Morgan fingerprint density at radius 3 is 2.50 bits per heavy atom. The van der Waals surface area contributed by atoms with Crippen molar-refractivity contribution in [3.8, 4) is 0 Å². The van der Waals surface area contributed by atoms with Crippen molar-refractivity contribution in [3.63, 3.8) is 0 Å². The number of carbonyl (C=O) groups is 3. The van der Waals surface area contributed by atoms with Crippen LogP contribution in [0.1, 0.15) is 51.4 Å². The van der Waals surface area contributed by atoms with Gasteiger partial charge >= 0.3 is 5.97 Å². The monoisotopic (exact) mass is 419 g/mol. The molecule has 6 unspecified atom stereocenters. The third-order valence-corrected chi connectivity index (χ3v) is 8.07. The molecule has 0 spiro atoms. The van der Waals surface area contributed by atoms with Gasteiger partial charge in [-0.1, -0.05) is 12.8 Å². The van der Waals surface area contributed by atoms with Crippen LogP contribution in [-0.2, 0) is 14.4 Å². The molecule has 1 saturated carbocycles. The summed E-state index contributed by atoms with van der Waals surface area (Å²) in [6.45, 7) is 1.73. The van der Waals surface area contributed by atoms with Gasteiger partial charge < -0.3 is 20.2 Å². The van der Waals surface area contributed by atoms with Crippen LogP contribution in [0.25, 0.3) is 0 Å². The number of hydrogen-bond donors (Lipinski definition) is 4. The summed E-state index contributed by atoms with van der Waals surface area (Å²) in [6, 6.07) is -0.693. The van der Waals surface area contributed by atoms with Crippen molar-refractivity contribution in [2.75, 3.05) is 19.6 Å². The lowest BCUT2D eigenvalue weighted by atomic mass is 9.84. The smallest absolute Gasteiger partial charge is 0.326 e. The third kappa shape index (κ3) is 3.50. The van der Waals surface area contributed by atoms with Gasteiger partial charge in [0.15, 0.2) is 0 Å². The van der Waals surface area contributed by atoms with Gasteiger partial charge in [0.25, 0.3) is 0 Å². The fourth-order valence-corrected chi connectivity index (χ4v) is 6.44. The summed E-state index contributed by atoms with van der Waals surface area (Å²) < 4.78 is 0. The second-order valence-electron chi connectivity index (χ2n) is 9.74. The summed E-state index contributed by atoms with van der Waals surface area (Å²) in [7, 11) is 0. The lowest BCUT2D eigenvalue weighted by Crippen LogP contribution is -2.56. The predicted molar refractivity (Wildman–Crippen MR) is 108 cm³/mol.